The highest BCUT2D eigenvalue weighted by Gasteiger charge is 2.29. The first-order chi connectivity index (χ1) is 11.7. The highest BCUT2D eigenvalue weighted by Crippen LogP contribution is 2.32. The minimum atomic E-state index is 0.0209. The number of benzene rings is 1. The van der Waals surface area contributed by atoms with E-state index in [1.807, 2.05) is 47.0 Å². The molecule has 4 rings (SSSR count). The maximum atomic E-state index is 12.9. The van der Waals surface area contributed by atoms with Crippen molar-refractivity contribution < 1.29 is 9.32 Å². The third-order valence-electron chi connectivity index (χ3n) is 4.34. The molecular weight excluding hydrogens is 304 g/mol. The van der Waals surface area contributed by atoms with Crippen LogP contribution in [0.1, 0.15) is 23.1 Å². The lowest BCUT2D eigenvalue weighted by Gasteiger charge is -2.34. The van der Waals surface area contributed by atoms with Gasteiger partial charge in [-0.3, -0.25) is 9.48 Å². The van der Waals surface area contributed by atoms with Crippen molar-refractivity contribution in [2.45, 2.75) is 25.8 Å². The number of nitrogens with zero attached hydrogens (tertiary/aromatic N) is 4. The Morgan fingerprint density at radius 3 is 2.96 bits per heavy atom. The Morgan fingerprint density at radius 1 is 1.33 bits per heavy atom. The van der Waals surface area contributed by atoms with Gasteiger partial charge in [0, 0.05) is 30.7 Å². The van der Waals surface area contributed by atoms with E-state index in [2.05, 4.69) is 16.3 Å². The van der Waals surface area contributed by atoms with Crippen LogP contribution in [0.25, 0.3) is 0 Å². The van der Waals surface area contributed by atoms with E-state index in [1.165, 1.54) is 0 Å². The van der Waals surface area contributed by atoms with Crippen LogP contribution in [0.4, 0.5) is 5.69 Å². The first kappa shape index (κ1) is 14.7. The fourth-order valence-electron chi connectivity index (χ4n) is 3.24. The number of anilines is 1. The van der Waals surface area contributed by atoms with Gasteiger partial charge in [-0.25, -0.2) is 0 Å². The van der Waals surface area contributed by atoms with Crippen LogP contribution in [0.3, 0.4) is 0 Å². The van der Waals surface area contributed by atoms with Crippen molar-refractivity contribution in [2.75, 3.05) is 11.4 Å². The van der Waals surface area contributed by atoms with E-state index in [0.29, 0.717) is 18.0 Å². The molecule has 2 aromatic heterocycles. The van der Waals surface area contributed by atoms with Gasteiger partial charge in [-0.15, -0.1) is 0 Å². The number of carbonyl (C=O) groups is 1. The summed E-state index contributed by atoms with van der Waals surface area (Å²) in [7, 11) is 0. The Morgan fingerprint density at radius 2 is 2.21 bits per heavy atom. The number of amides is 1. The van der Waals surface area contributed by atoms with Gasteiger partial charge in [0.25, 0.3) is 0 Å². The number of aromatic nitrogens is 3. The summed E-state index contributed by atoms with van der Waals surface area (Å²) in [6, 6.07) is 11.9. The van der Waals surface area contributed by atoms with E-state index in [9.17, 15) is 4.79 Å². The van der Waals surface area contributed by atoms with Crippen molar-refractivity contribution in [3.8, 4) is 0 Å². The molecule has 3 aromatic rings. The molecule has 1 atom stereocenters. The van der Waals surface area contributed by atoms with Crippen LogP contribution < -0.4 is 4.90 Å². The molecule has 6 heteroatoms. The van der Waals surface area contributed by atoms with Crippen LogP contribution in [0.2, 0.25) is 0 Å². The number of carbonyl (C=O) groups excluding carboxylic acids is 1. The van der Waals surface area contributed by atoms with E-state index in [4.69, 9.17) is 4.52 Å². The molecule has 0 radical (unpaired) electrons. The Bertz CT molecular complexity index is 854. The van der Waals surface area contributed by atoms with E-state index in [1.54, 1.807) is 12.3 Å². The number of aryl methyl sites for hydroxylation is 1. The Labute approximate surface area is 139 Å². The molecule has 0 N–H and O–H groups in total. The topological polar surface area (TPSA) is 64.2 Å². The van der Waals surface area contributed by atoms with Gasteiger partial charge in [0.05, 0.1) is 18.2 Å². The van der Waals surface area contributed by atoms with Crippen molar-refractivity contribution in [3.63, 3.8) is 0 Å². The van der Waals surface area contributed by atoms with Crippen molar-refractivity contribution in [2.24, 2.45) is 0 Å². The van der Waals surface area contributed by atoms with Gasteiger partial charge >= 0.3 is 0 Å². The minimum Gasteiger partial charge on any atom is -0.361 e. The SMILES string of the molecule is Cc1cc(CC(=O)N2CC(n3cccn3)Cc3ccccc32)no1. The molecule has 1 aliphatic rings. The van der Waals surface area contributed by atoms with Gasteiger partial charge in [0.2, 0.25) is 5.91 Å². The highest BCUT2D eigenvalue weighted by atomic mass is 16.5. The molecule has 1 aromatic carbocycles. The van der Waals surface area contributed by atoms with Crippen LogP contribution >= 0.6 is 0 Å². The number of hydrogen-bond donors (Lipinski definition) is 0. The Hall–Kier alpha value is -2.89. The molecule has 0 aliphatic carbocycles. The molecule has 1 amide bonds. The third-order valence-corrected chi connectivity index (χ3v) is 4.34. The molecule has 122 valence electrons. The third kappa shape index (κ3) is 2.71. The van der Waals surface area contributed by atoms with E-state index in [-0.39, 0.29) is 18.4 Å². The predicted molar refractivity (Wildman–Crippen MR) is 88.7 cm³/mol. The zero-order valence-electron chi connectivity index (χ0n) is 13.4. The maximum absolute atomic E-state index is 12.9. The normalized spacial score (nSPS) is 16.9. The lowest BCUT2D eigenvalue weighted by Crippen LogP contribution is -2.41. The highest BCUT2D eigenvalue weighted by molar-refractivity contribution is 5.95. The van der Waals surface area contributed by atoms with Gasteiger partial charge in [0.1, 0.15) is 5.76 Å². The lowest BCUT2D eigenvalue weighted by atomic mass is 9.97. The summed E-state index contributed by atoms with van der Waals surface area (Å²) in [5, 5.41) is 8.28. The lowest BCUT2D eigenvalue weighted by molar-refractivity contribution is -0.118. The molecule has 1 aliphatic heterocycles. The van der Waals surface area contributed by atoms with Crippen molar-refractivity contribution >= 4 is 11.6 Å². The summed E-state index contributed by atoms with van der Waals surface area (Å²) in [6.45, 7) is 2.43. The fraction of sp³-hybridized carbons (Fsp3) is 0.278. The van der Waals surface area contributed by atoms with E-state index in [0.717, 1.165) is 17.7 Å². The average Bonchev–Trinajstić information content (AvgIpc) is 3.25. The van der Waals surface area contributed by atoms with Gasteiger partial charge in [-0.2, -0.15) is 5.10 Å². The summed E-state index contributed by atoms with van der Waals surface area (Å²) < 4.78 is 6.99. The van der Waals surface area contributed by atoms with Crippen molar-refractivity contribution in [3.05, 3.63) is 65.8 Å². The Kier molecular flexibility index (Phi) is 3.65. The molecule has 0 saturated carbocycles. The second-order valence-electron chi connectivity index (χ2n) is 6.08. The quantitative estimate of drug-likeness (QED) is 0.743. The monoisotopic (exact) mass is 322 g/mol. The number of fused-ring (bicyclic) bond motifs is 1. The standard InChI is InChI=1S/C18H18N4O2/c1-13-9-15(20-24-13)11-18(23)21-12-16(22-8-4-7-19-22)10-14-5-2-3-6-17(14)21/h2-9,16H,10-12H2,1H3. The van der Waals surface area contributed by atoms with Gasteiger partial charge in [-0.05, 0) is 31.0 Å². The fourth-order valence-corrected chi connectivity index (χ4v) is 3.24. The van der Waals surface area contributed by atoms with E-state index >= 15 is 0 Å². The molecular formula is C18H18N4O2. The molecule has 0 bridgehead atoms. The van der Waals surface area contributed by atoms with Crippen LogP contribution in [0, 0.1) is 6.92 Å². The zero-order chi connectivity index (χ0) is 16.5. The van der Waals surface area contributed by atoms with Gasteiger partial charge < -0.3 is 9.42 Å². The van der Waals surface area contributed by atoms with Crippen molar-refractivity contribution in [1.82, 2.24) is 14.9 Å². The molecule has 0 fully saturated rings. The number of rotatable bonds is 3. The molecule has 3 heterocycles. The smallest absolute Gasteiger partial charge is 0.233 e. The van der Waals surface area contributed by atoms with Crippen LogP contribution in [-0.2, 0) is 17.6 Å². The average molecular weight is 322 g/mol. The first-order valence-corrected chi connectivity index (χ1v) is 8.00. The molecule has 0 saturated heterocycles. The second kappa shape index (κ2) is 5.96. The largest absolute Gasteiger partial charge is 0.361 e. The van der Waals surface area contributed by atoms with Gasteiger partial charge in [0.15, 0.2) is 0 Å². The maximum Gasteiger partial charge on any atom is 0.233 e. The first-order valence-electron chi connectivity index (χ1n) is 8.00. The molecule has 6 nitrogen and oxygen atoms in total. The summed E-state index contributed by atoms with van der Waals surface area (Å²) in [4.78, 5) is 14.7. The van der Waals surface area contributed by atoms with Crippen LogP contribution in [0.15, 0.2) is 53.3 Å². The summed E-state index contributed by atoms with van der Waals surface area (Å²) in [5.74, 6) is 0.735. The zero-order valence-corrected chi connectivity index (χ0v) is 13.4. The van der Waals surface area contributed by atoms with Crippen LogP contribution in [0.5, 0.6) is 0 Å². The van der Waals surface area contributed by atoms with Gasteiger partial charge in [-0.1, -0.05) is 23.4 Å². The summed E-state index contributed by atoms with van der Waals surface area (Å²) in [6.07, 6.45) is 4.81. The predicted octanol–water partition coefficient (Wildman–Crippen LogP) is 2.55. The number of hydrogen-bond acceptors (Lipinski definition) is 4. The summed E-state index contributed by atoms with van der Waals surface area (Å²) in [5.41, 5.74) is 2.80. The summed E-state index contributed by atoms with van der Waals surface area (Å²) >= 11 is 0. The molecule has 24 heavy (non-hydrogen) atoms. The Balaban J connectivity index is 1.63. The minimum absolute atomic E-state index is 0.0209. The van der Waals surface area contributed by atoms with E-state index < -0.39 is 0 Å². The van der Waals surface area contributed by atoms with Crippen LogP contribution in [-0.4, -0.2) is 27.4 Å². The van der Waals surface area contributed by atoms with Crippen molar-refractivity contribution in [1.29, 1.82) is 0 Å². The molecule has 1 unspecified atom stereocenters. The second-order valence-corrected chi connectivity index (χ2v) is 6.08. The molecule has 0 spiro atoms. The number of para-hydroxylation sites is 1.